The quantitative estimate of drug-likeness (QED) is 0.490. The molecule has 0 spiro atoms. The van der Waals surface area contributed by atoms with Crippen LogP contribution in [0, 0.1) is 0 Å². The number of carbonyl (C=O) groups excluding carboxylic acids is 1. The van der Waals surface area contributed by atoms with Crippen LogP contribution in [-0.4, -0.2) is 26.7 Å². The van der Waals surface area contributed by atoms with E-state index in [4.69, 9.17) is 10.7 Å². The van der Waals surface area contributed by atoms with Crippen LogP contribution in [0.5, 0.6) is 0 Å². The zero-order valence-electron chi connectivity index (χ0n) is 6.04. The lowest BCUT2D eigenvalue weighted by atomic mass is 10.5. The van der Waals surface area contributed by atoms with Crippen LogP contribution in [0.25, 0.3) is 0 Å². The molecular formula is C5H9ClO4S. The van der Waals surface area contributed by atoms with Crippen molar-refractivity contribution in [2.75, 3.05) is 12.4 Å². The Morgan fingerprint density at radius 1 is 1.55 bits per heavy atom. The van der Waals surface area contributed by atoms with E-state index < -0.39 is 20.8 Å². The number of halogens is 1. The Morgan fingerprint density at radius 3 is 2.45 bits per heavy atom. The maximum absolute atomic E-state index is 10.5. The van der Waals surface area contributed by atoms with Gasteiger partial charge in [-0.3, -0.25) is 4.79 Å². The molecule has 11 heavy (non-hydrogen) atoms. The Balaban J connectivity index is 3.71. The fourth-order valence-corrected chi connectivity index (χ4v) is 1.03. The smallest absolute Gasteiger partial charge is 0.322 e. The van der Waals surface area contributed by atoms with Crippen molar-refractivity contribution in [3.05, 3.63) is 0 Å². The minimum absolute atomic E-state index is 0.227. The molecule has 0 aliphatic heterocycles. The van der Waals surface area contributed by atoms with E-state index in [1.165, 1.54) is 0 Å². The van der Waals surface area contributed by atoms with Crippen molar-refractivity contribution in [1.82, 2.24) is 0 Å². The summed E-state index contributed by atoms with van der Waals surface area (Å²) in [6, 6.07) is 0. The third kappa shape index (κ3) is 7.61. The van der Waals surface area contributed by atoms with Crippen LogP contribution >= 0.6 is 10.7 Å². The van der Waals surface area contributed by atoms with Crippen molar-refractivity contribution in [3.63, 3.8) is 0 Å². The average Bonchev–Trinajstić information content (AvgIpc) is 1.79. The van der Waals surface area contributed by atoms with E-state index in [-0.39, 0.29) is 6.61 Å². The minimum Gasteiger partial charge on any atom is -0.465 e. The maximum atomic E-state index is 10.5. The van der Waals surface area contributed by atoms with Gasteiger partial charge in [-0.05, 0) is 6.42 Å². The predicted molar refractivity (Wildman–Crippen MR) is 40.9 cm³/mol. The van der Waals surface area contributed by atoms with Crippen LogP contribution in [0.15, 0.2) is 0 Å². The highest BCUT2D eigenvalue weighted by Crippen LogP contribution is 1.97. The molecule has 4 nitrogen and oxygen atoms in total. The van der Waals surface area contributed by atoms with Gasteiger partial charge < -0.3 is 4.74 Å². The topological polar surface area (TPSA) is 60.4 Å². The summed E-state index contributed by atoms with van der Waals surface area (Å²) in [7, 11) is 1.02. The number of hydrogen-bond donors (Lipinski definition) is 0. The Bertz CT molecular complexity index is 221. The van der Waals surface area contributed by atoms with Gasteiger partial charge in [0.1, 0.15) is 0 Å². The van der Waals surface area contributed by atoms with Crippen LogP contribution in [-0.2, 0) is 18.6 Å². The average molecular weight is 201 g/mol. The Labute approximate surface area is 69.9 Å². The second-order valence-corrected chi connectivity index (χ2v) is 4.68. The molecular weight excluding hydrogens is 192 g/mol. The number of carbonyl (C=O) groups is 1. The van der Waals surface area contributed by atoms with Crippen molar-refractivity contribution >= 4 is 25.7 Å². The number of rotatable bonds is 4. The molecule has 6 heteroatoms. The summed E-state index contributed by atoms with van der Waals surface area (Å²) < 4.78 is 25.0. The lowest BCUT2D eigenvalue weighted by molar-refractivity contribution is -0.140. The van der Waals surface area contributed by atoms with E-state index in [2.05, 4.69) is 4.74 Å². The molecule has 0 saturated carbocycles. The lowest BCUT2D eigenvalue weighted by Gasteiger charge is -1.99. The molecule has 0 rings (SSSR count). The molecule has 0 aromatic rings. The third-order valence-electron chi connectivity index (χ3n) is 0.757. The molecule has 0 radical (unpaired) electrons. The first-order valence-corrected chi connectivity index (χ1v) is 5.51. The second kappa shape index (κ2) is 4.56. The Morgan fingerprint density at radius 2 is 2.09 bits per heavy atom. The van der Waals surface area contributed by atoms with Crippen LogP contribution in [0.3, 0.4) is 0 Å². The highest BCUT2D eigenvalue weighted by atomic mass is 35.7. The van der Waals surface area contributed by atoms with Gasteiger partial charge in [0.25, 0.3) is 0 Å². The van der Waals surface area contributed by atoms with Gasteiger partial charge >= 0.3 is 5.97 Å². The highest BCUT2D eigenvalue weighted by molar-refractivity contribution is 8.14. The van der Waals surface area contributed by atoms with Crippen molar-refractivity contribution in [3.8, 4) is 0 Å². The first-order valence-electron chi connectivity index (χ1n) is 3.03. The molecule has 0 bridgehead atoms. The van der Waals surface area contributed by atoms with E-state index in [1.54, 1.807) is 0 Å². The van der Waals surface area contributed by atoms with Gasteiger partial charge in [-0.15, -0.1) is 0 Å². The summed E-state index contributed by atoms with van der Waals surface area (Å²) in [5.74, 6) is -1.56. The summed E-state index contributed by atoms with van der Waals surface area (Å²) >= 11 is 0. The summed E-state index contributed by atoms with van der Waals surface area (Å²) in [5, 5.41) is 0. The fourth-order valence-electron chi connectivity index (χ4n) is 0.398. The number of ether oxygens (including phenoxy) is 1. The van der Waals surface area contributed by atoms with Crippen LogP contribution in [0.4, 0.5) is 0 Å². The molecule has 66 valence electrons. The van der Waals surface area contributed by atoms with Gasteiger partial charge in [-0.2, -0.15) is 0 Å². The van der Waals surface area contributed by atoms with E-state index in [9.17, 15) is 13.2 Å². The maximum Gasteiger partial charge on any atom is 0.322 e. The second-order valence-electron chi connectivity index (χ2n) is 1.90. The molecule has 0 aromatic carbocycles. The number of esters is 1. The SMILES string of the molecule is CCCOC(=O)CS(=O)(=O)Cl. The molecule has 0 amide bonds. The first-order chi connectivity index (χ1) is 4.95. The van der Waals surface area contributed by atoms with Crippen LogP contribution in [0.1, 0.15) is 13.3 Å². The summed E-state index contributed by atoms with van der Waals surface area (Å²) in [6.45, 7) is 2.04. The first kappa shape index (κ1) is 10.7. The van der Waals surface area contributed by atoms with Crippen molar-refractivity contribution in [1.29, 1.82) is 0 Å². The Hall–Kier alpha value is -0.290. The summed E-state index contributed by atoms with van der Waals surface area (Å²) in [4.78, 5) is 10.5. The molecule has 0 atom stereocenters. The van der Waals surface area contributed by atoms with E-state index in [1.807, 2.05) is 6.92 Å². The van der Waals surface area contributed by atoms with Gasteiger partial charge in [0.15, 0.2) is 5.75 Å². The van der Waals surface area contributed by atoms with Crippen molar-refractivity contribution < 1.29 is 17.9 Å². The van der Waals surface area contributed by atoms with E-state index in [0.29, 0.717) is 6.42 Å². The lowest BCUT2D eigenvalue weighted by Crippen LogP contribution is -2.14. The van der Waals surface area contributed by atoms with Gasteiger partial charge in [-0.25, -0.2) is 8.42 Å². The van der Waals surface area contributed by atoms with Crippen LogP contribution < -0.4 is 0 Å². The molecule has 0 saturated heterocycles. The molecule has 0 unspecified atom stereocenters. The number of hydrogen-bond acceptors (Lipinski definition) is 4. The standard InChI is InChI=1S/C5H9ClO4S/c1-2-3-10-5(7)4-11(6,8)9/h2-4H2,1H3. The third-order valence-corrected chi connectivity index (χ3v) is 1.67. The summed E-state index contributed by atoms with van der Waals surface area (Å²) in [6.07, 6.45) is 0.661. The van der Waals surface area contributed by atoms with Gasteiger partial charge in [0.2, 0.25) is 9.05 Å². The van der Waals surface area contributed by atoms with Gasteiger partial charge in [0.05, 0.1) is 6.61 Å². The predicted octanol–water partition coefficient (Wildman–Crippen LogP) is 0.508. The van der Waals surface area contributed by atoms with Gasteiger partial charge in [0, 0.05) is 10.7 Å². The molecule has 0 aliphatic carbocycles. The zero-order chi connectivity index (χ0) is 8.91. The van der Waals surface area contributed by atoms with Crippen LogP contribution in [0.2, 0.25) is 0 Å². The monoisotopic (exact) mass is 200 g/mol. The largest absolute Gasteiger partial charge is 0.465 e. The van der Waals surface area contributed by atoms with E-state index in [0.717, 1.165) is 0 Å². The van der Waals surface area contributed by atoms with E-state index >= 15 is 0 Å². The highest BCUT2D eigenvalue weighted by Gasteiger charge is 2.13. The van der Waals surface area contributed by atoms with Crippen molar-refractivity contribution in [2.24, 2.45) is 0 Å². The Kier molecular flexibility index (Phi) is 4.44. The molecule has 0 fully saturated rings. The van der Waals surface area contributed by atoms with Gasteiger partial charge in [-0.1, -0.05) is 6.92 Å². The fraction of sp³-hybridized carbons (Fsp3) is 0.800. The molecule has 0 heterocycles. The molecule has 0 N–H and O–H groups in total. The summed E-state index contributed by atoms with van der Waals surface area (Å²) in [5.41, 5.74) is 0. The molecule has 0 aromatic heterocycles. The minimum atomic E-state index is -3.76. The normalized spacial score (nSPS) is 11.1. The zero-order valence-corrected chi connectivity index (χ0v) is 7.61. The van der Waals surface area contributed by atoms with Crippen molar-refractivity contribution in [2.45, 2.75) is 13.3 Å². The molecule has 0 aliphatic rings.